The predicted octanol–water partition coefficient (Wildman–Crippen LogP) is 0.704. The third-order valence-corrected chi connectivity index (χ3v) is 6.81. The molecule has 1 aliphatic carbocycles. The Hall–Kier alpha value is -4.27. The molecule has 0 aromatic heterocycles. The van der Waals surface area contributed by atoms with E-state index in [0.717, 1.165) is 12.2 Å². The number of ether oxygens (including phenoxy) is 2. The van der Waals surface area contributed by atoms with Gasteiger partial charge in [-0.05, 0) is 54.6 Å². The van der Waals surface area contributed by atoms with Gasteiger partial charge in [-0.3, -0.25) is 9.59 Å². The Balaban J connectivity index is 1.75. The van der Waals surface area contributed by atoms with E-state index in [-0.39, 0.29) is 23.8 Å². The molecule has 13 nitrogen and oxygen atoms in total. The number of benzene rings is 2. The number of nitrogens with one attached hydrogen (secondary N) is 1. The van der Waals surface area contributed by atoms with E-state index in [0.29, 0.717) is 11.1 Å². The van der Waals surface area contributed by atoms with Crippen LogP contribution in [0.15, 0.2) is 48.6 Å². The number of rotatable bonds is 13. The highest BCUT2D eigenvalue weighted by atomic mass is 16.5. The standard InChI is InChI=1S/C29H33NO12/c1-30-16-29(42-14-20(32)7-3-18-5-9-22(34)24(36)11-18)15-28(27(39)40,12-25(37)26(29)38)41-13-19(31)6-2-17-4-8-21(33)23(35)10-17/h2-11,25-26,30,33-38H,12-16H2,1H3,(H,39,40)/t25-,26-,28+,29-/m1/s1. The van der Waals surface area contributed by atoms with Crippen LogP contribution in [0.2, 0.25) is 0 Å². The fraction of sp³-hybridized carbons (Fsp3) is 0.345. The molecule has 0 saturated heterocycles. The number of carbonyl (C=O) groups excluding carboxylic acids is 2. The van der Waals surface area contributed by atoms with Crippen LogP contribution in [0.3, 0.4) is 0 Å². The molecule has 0 aliphatic heterocycles. The van der Waals surface area contributed by atoms with Gasteiger partial charge in [0.05, 0.1) is 6.10 Å². The van der Waals surface area contributed by atoms with Crippen LogP contribution in [0.1, 0.15) is 24.0 Å². The molecule has 0 spiro atoms. The number of likely N-dealkylation sites (N-methyl/N-ethyl adjacent to an activating group) is 1. The minimum Gasteiger partial charge on any atom is -0.504 e. The Morgan fingerprint density at radius 1 is 0.857 bits per heavy atom. The van der Waals surface area contributed by atoms with Gasteiger partial charge in [0.25, 0.3) is 0 Å². The van der Waals surface area contributed by atoms with E-state index in [1.165, 1.54) is 55.6 Å². The highest BCUT2D eigenvalue weighted by molar-refractivity contribution is 5.95. The van der Waals surface area contributed by atoms with Crippen molar-refractivity contribution in [1.29, 1.82) is 0 Å². The second-order valence-corrected chi connectivity index (χ2v) is 9.96. The molecule has 0 heterocycles. The quantitative estimate of drug-likeness (QED) is 0.120. The van der Waals surface area contributed by atoms with E-state index >= 15 is 0 Å². The van der Waals surface area contributed by atoms with Gasteiger partial charge in [0, 0.05) is 19.4 Å². The number of ketones is 2. The van der Waals surface area contributed by atoms with Crippen LogP contribution in [0, 0.1) is 0 Å². The highest BCUT2D eigenvalue weighted by Crippen LogP contribution is 2.41. The average Bonchev–Trinajstić information content (AvgIpc) is 2.94. The van der Waals surface area contributed by atoms with Crippen LogP contribution >= 0.6 is 0 Å². The van der Waals surface area contributed by atoms with Crippen LogP contribution in [0.25, 0.3) is 12.2 Å². The topological polar surface area (TPSA) is 223 Å². The van der Waals surface area contributed by atoms with Crippen molar-refractivity contribution in [3.8, 4) is 23.0 Å². The minimum absolute atomic E-state index is 0.190. The van der Waals surface area contributed by atoms with Gasteiger partial charge < -0.3 is 50.5 Å². The molecule has 0 radical (unpaired) electrons. The van der Waals surface area contributed by atoms with E-state index in [1.807, 2.05) is 0 Å². The molecule has 2 aromatic carbocycles. The number of phenolic OH excluding ortho intramolecular Hbond substituents is 4. The summed E-state index contributed by atoms with van der Waals surface area (Å²) < 4.78 is 11.3. The van der Waals surface area contributed by atoms with Crippen molar-refractivity contribution in [3.05, 3.63) is 59.7 Å². The summed E-state index contributed by atoms with van der Waals surface area (Å²) in [4.78, 5) is 37.5. The molecular formula is C29H33NO12. The fourth-order valence-corrected chi connectivity index (χ4v) is 4.64. The molecule has 42 heavy (non-hydrogen) atoms. The maximum absolute atomic E-state index is 12.6. The van der Waals surface area contributed by atoms with Crippen molar-refractivity contribution >= 4 is 29.7 Å². The molecule has 1 fully saturated rings. The number of phenols is 4. The monoisotopic (exact) mass is 587 g/mol. The zero-order valence-electron chi connectivity index (χ0n) is 22.6. The third-order valence-electron chi connectivity index (χ3n) is 6.81. The molecule has 13 heteroatoms. The molecule has 8 N–H and O–H groups in total. The average molecular weight is 588 g/mol. The van der Waals surface area contributed by atoms with Crippen molar-refractivity contribution in [1.82, 2.24) is 5.32 Å². The second-order valence-electron chi connectivity index (χ2n) is 9.96. The van der Waals surface area contributed by atoms with Crippen LogP contribution in [0.4, 0.5) is 0 Å². The van der Waals surface area contributed by atoms with Crippen LogP contribution in [-0.2, 0) is 23.9 Å². The smallest absolute Gasteiger partial charge is 0.336 e. The Kier molecular flexibility index (Phi) is 10.4. The summed E-state index contributed by atoms with van der Waals surface area (Å²) in [6.45, 7) is -1.53. The summed E-state index contributed by atoms with van der Waals surface area (Å²) in [7, 11) is 1.50. The molecule has 1 saturated carbocycles. The molecular weight excluding hydrogens is 554 g/mol. The zero-order chi connectivity index (χ0) is 31.1. The number of hydrogen-bond donors (Lipinski definition) is 8. The van der Waals surface area contributed by atoms with E-state index in [9.17, 15) is 50.1 Å². The number of aliphatic carboxylic acids is 1. The van der Waals surface area contributed by atoms with Gasteiger partial charge in [-0.25, -0.2) is 4.79 Å². The number of carbonyl (C=O) groups is 3. The lowest BCUT2D eigenvalue weighted by molar-refractivity contribution is -0.236. The molecule has 226 valence electrons. The van der Waals surface area contributed by atoms with Crippen LogP contribution in [-0.4, -0.2) is 103 Å². The lowest BCUT2D eigenvalue weighted by Gasteiger charge is -2.49. The van der Waals surface area contributed by atoms with E-state index in [4.69, 9.17) is 9.47 Å². The molecule has 2 aromatic rings. The normalized spacial score (nSPS) is 24.3. The van der Waals surface area contributed by atoms with Crippen LogP contribution in [0.5, 0.6) is 23.0 Å². The van der Waals surface area contributed by atoms with Gasteiger partial charge in [-0.2, -0.15) is 0 Å². The number of carboxylic acids is 1. The van der Waals surface area contributed by atoms with E-state index in [2.05, 4.69) is 5.32 Å². The second kappa shape index (κ2) is 13.6. The largest absolute Gasteiger partial charge is 0.504 e. The van der Waals surface area contributed by atoms with Crippen molar-refractivity contribution < 1.29 is 59.6 Å². The maximum Gasteiger partial charge on any atom is 0.336 e. The summed E-state index contributed by atoms with van der Waals surface area (Å²) in [5.74, 6) is -4.21. The molecule has 0 amide bonds. The van der Waals surface area contributed by atoms with Crippen molar-refractivity contribution in [2.24, 2.45) is 0 Å². The Bertz CT molecular complexity index is 1370. The van der Waals surface area contributed by atoms with E-state index in [1.54, 1.807) is 0 Å². The summed E-state index contributed by atoms with van der Waals surface area (Å²) in [6, 6.07) is 7.80. The number of aliphatic hydroxyl groups is 2. The van der Waals surface area contributed by atoms with Gasteiger partial charge in [-0.15, -0.1) is 0 Å². The predicted molar refractivity (Wildman–Crippen MR) is 148 cm³/mol. The first-order chi connectivity index (χ1) is 19.8. The van der Waals surface area contributed by atoms with Gasteiger partial charge >= 0.3 is 5.97 Å². The lowest BCUT2D eigenvalue weighted by atomic mass is 9.71. The first-order valence-electron chi connectivity index (χ1n) is 12.8. The third kappa shape index (κ3) is 7.72. The first-order valence-corrected chi connectivity index (χ1v) is 12.8. The number of hydrogen-bond acceptors (Lipinski definition) is 12. The zero-order valence-corrected chi connectivity index (χ0v) is 22.6. The first kappa shape index (κ1) is 32.2. The number of aromatic hydroxyl groups is 4. The lowest BCUT2D eigenvalue weighted by Crippen LogP contribution is -2.67. The Morgan fingerprint density at radius 3 is 1.81 bits per heavy atom. The molecule has 3 rings (SSSR count). The number of carboxylic acid groups (broad SMARTS) is 1. The SMILES string of the molecule is CNC[C@]1(OCC(=O)C=Cc2ccc(O)c(O)c2)C[C@](OCC(=O)C=Cc2ccc(O)c(O)c2)(C(=O)O)C[C@@H](O)[C@H]1O. The highest BCUT2D eigenvalue weighted by Gasteiger charge is 2.59. The van der Waals surface area contributed by atoms with Crippen molar-refractivity contribution in [2.45, 2.75) is 36.3 Å². The van der Waals surface area contributed by atoms with Crippen molar-refractivity contribution in [2.75, 3.05) is 26.8 Å². The van der Waals surface area contributed by atoms with Gasteiger partial charge in [0.15, 0.2) is 40.2 Å². The van der Waals surface area contributed by atoms with Gasteiger partial charge in [-0.1, -0.05) is 24.3 Å². The summed E-state index contributed by atoms with van der Waals surface area (Å²) in [5, 5.41) is 72.4. The van der Waals surface area contributed by atoms with E-state index < -0.39 is 72.8 Å². The minimum atomic E-state index is -2.17. The molecule has 0 bridgehead atoms. The van der Waals surface area contributed by atoms with Crippen LogP contribution < -0.4 is 5.32 Å². The Labute approximate surface area is 240 Å². The Morgan fingerprint density at radius 2 is 1.36 bits per heavy atom. The molecule has 1 aliphatic rings. The van der Waals surface area contributed by atoms with Gasteiger partial charge in [0.2, 0.25) is 0 Å². The van der Waals surface area contributed by atoms with Crippen molar-refractivity contribution in [3.63, 3.8) is 0 Å². The van der Waals surface area contributed by atoms with Gasteiger partial charge in [0.1, 0.15) is 24.9 Å². The number of aliphatic hydroxyl groups excluding tert-OH is 2. The summed E-state index contributed by atoms with van der Waals surface area (Å²) >= 11 is 0. The maximum atomic E-state index is 12.6. The summed E-state index contributed by atoms with van der Waals surface area (Å²) in [6.07, 6.45) is 0.523. The fourth-order valence-electron chi connectivity index (χ4n) is 4.64. The molecule has 0 unspecified atom stereocenters. The summed E-state index contributed by atoms with van der Waals surface area (Å²) in [5.41, 5.74) is -3.20. The molecule has 4 atom stereocenters.